The maximum absolute atomic E-state index is 13.4. The molecule has 4 rings (SSSR count). The molecule has 1 atom stereocenters. The fourth-order valence-electron chi connectivity index (χ4n) is 4.38. The molecule has 0 N–H and O–H groups in total. The molecule has 0 spiro atoms. The number of fused-ring (bicyclic) bond motifs is 1. The van der Waals surface area contributed by atoms with E-state index >= 15 is 0 Å². The number of aryl methyl sites for hydroxylation is 1. The molecule has 30 heavy (non-hydrogen) atoms. The summed E-state index contributed by atoms with van der Waals surface area (Å²) in [6.07, 6.45) is 4.45. The van der Waals surface area contributed by atoms with Crippen LogP contribution in [0.3, 0.4) is 0 Å². The first-order valence-corrected chi connectivity index (χ1v) is 11.0. The average molecular weight is 407 g/mol. The van der Waals surface area contributed by atoms with Crippen LogP contribution in [0.15, 0.2) is 48.5 Å². The fraction of sp³-hybridized carbons (Fsp3) is 0.440. The Balaban J connectivity index is 1.53. The van der Waals surface area contributed by atoms with Gasteiger partial charge in [-0.05, 0) is 62.3 Å². The van der Waals surface area contributed by atoms with Crippen LogP contribution in [0, 0.1) is 6.92 Å². The van der Waals surface area contributed by atoms with Gasteiger partial charge in [0.1, 0.15) is 12.3 Å². The minimum absolute atomic E-state index is 0.00841. The van der Waals surface area contributed by atoms with Crippen molar-refractivity contribution in [3.63, 3.8) is 0 Å². The Hall–Kier alpha value is -2.82. The van der Waals surface area contributed by atoms with Crippen molar-refractivity contribution < 1.29 is 14.3 Å². The van der Waals surface area contributed by atoms with Gasteiger partial charge in [0.25, 0.3) is 0 Å². The zero-order valence-electron chi connectivity index (χ0n) is 17.7. The molecule has 5 nitrogen and oxygen atoms in total. The number of piperidine rings is 1. The van der Waals surface area contributed by atoms with Crippen LogP contribution < -0.4 is 9.64 Å². The summed E-state index contributed by atoms with van der Waals surface area (Å²) in [5, 5.41) is 0. The predicted octanol–water partition coefficient (Wildman–Crippen LogP) is 4.30. The van der Waals surface area contributed by atoms with E-state index in [1.165, 1.54) is 6.42 Å². The van der Waals surface area contributed by atoms with Gasteiger partial charge in [0.05, 0.1) is 6.61 Å². The smallest absolute Gasteiger partial charge is 0.242 e. The second-order valence-electron chi connectivity index (χ2n) is 8.33. The summed E-state index contributed by atoms with van der Waals surface area (Å²) >= 11 is 0. The number of carbonyl (C=O) groups excluding carboxylic acids is 2. The van der Waals surface area contributed by atoms with Gasteiger partial charge in [0.15, 0.2) is 0 Å². The molecular formula is C25H30N2O3. The topological polar surface area (TPSA) is 49.9 Å². The molecule has 2 aromatic carbocycles. The molecule has 158 valence electrons. The molecule has 2 aromatic rings. The van der Waals surface area contributed by atoms with Gasteiger partial charge in [-0.1, -0.05) is 35.9 Å². The SMILES string of the molecule is Cc1ccc(N(CC(=O)N2CCCCC2)C(=O)CC2CCOc3ccccc32)cc1. The molecule has 1 fully saturated rings. The average Bonchev–Trinajstić information content (AvgIpc) is 2.79. The molecular weight excluding hydrogens is 376 g/mol. The van der Waals surface area contributed by atoms with Crippen molar-refractivity contribution >= 4 is 17.5 Å². The van der Waals surface area contributed by atoms with Crippen LogP contribution in [0.5, 0.6) is 5.75 Å². The van der Waals surface area contributed by atoms with E-state index in [1.807, 2.05) is 60.4 Å². The number of carbonyl (C=O) groups is 2. The van der Waals surface area contributed by atoms with Crippen LogP contribution >= 0.6 is 0 Å². The number of amides is 2. The summed E-state index contributed by atoms with van der Waals surface area (Å²) < 4.78 is 5.75. The third-order valence-electron chi connectivity index (χ3n) is 6.15. The highest BCUT2D eigenvalue weighted by Gasteiger charge is 2.28. The number of ether oxygens (including phenoxy) is 1. The minimum Gasteiger partial charge on any atom is -0.493 e. The lowest BCUT2D eigenvalue weighted by molar-refractivity contribution is -0.132. The van der Waals surface area contributed by atoms with E-state index in [2.05, 4.69) is 0 Å². The minimum atomic E-state index is -0.00841. The van der Waals surface area contributed by atoms with Gasteiger partial charge in [-0.3, -0.25) is 9.59 Å². The lowest BCUT2D eigenvalue weighted by Gasteiger charge is -2.31. The van der Waals surface area contributed by atoms with Gasteiger partial charge in [-0.2, -0.15) is 0 Å². The number of para-hydroxylation sites is 1. The van der Waals surface area contributed by atoms with Gasteiger partial charge in [0.2, 0.25) is 11.8 Å². The van der Waals surface area contributed by atoms with Gasteiger partial charge in [0, 0.05) is 25.2 Å². The van der Waals surface area contributed by atoms with E-state index in [0.29, 0.717) is 13.0 Å². The van der Waals surface area contributed by atoms with Crippen LogP contribution in [0.1, 0.15) is 49.1 Å². The lowest BCUT2D eigenvalue weighted by atomic mass is 9.89. The Morgan fingerprint density at radius 2 is 1.77 bits per heavy atom. The van der Waals surface area contributed by atoms with Crippen LogP contribution in [0.2, 0.25) is 0 Å². The van der Waals surface area contributed by atoms with Crippen molar-refractivity contribution in [2.24, 2.45) is 0 Å². The normalized spacial score (nSPS) is 18.3. The van der Waals surface area contributed by atoms with Crippen molar-refractivity contribution in [1.82, 2.24) is 4.90 Å². The molecule has 0 aliphatic carbocycles. The molecule has 5 heteroatoms. The molecule has 2 aliphatic heterocycles. The number of anilines is 1. The highest BCUT2D eigenvalue weighted by molar-refractivity contribution is 5.99. The van der Waals surface area contributed by atoms with E-state index in [-0.39, 0.29) is 24.3 Å². The summed E-state index contributed by atoms with van der Waals surface area (Å²) in [4.78, 5) is 30.0. The maximum Gasteiger partial charge on any atom is 0.242 e. The van der Waals surface area contributed by atoms with Crippen LogP contribution in [-0.2, 0) is 9.59 Å². The molecule has 0 radical (unpaired) electrons. The first-order chi connectivity index (χ1) is 14.6. The second-order valence-corrected chi connectivity index (χ2v) is 8.33. The second kappa shape index (κ2) is 9.33. The molecule has 0 bridgehead atoms. The lowest BCUT2D eigenvalue weighted by Crippen LogP contribution is -2.45. The van der Waals surface area contributed by atoms with E-state index in [0.717, 1.165) is 54.9 Å². The van der Waals surface area contributed by atoms with Crippen molar-refractivity contribution in [2.75, 3.05) is 31.1 Å². The largest absolute Gasteiger partial charge is 0.493 e. The number of hydrogen-bond acceptors (Lipinski definition) is 3. The number of hydrogen-bond donors (Lipinski definition) is 0. The van der Waals surface area contributed by atoms with Crippen LogP contribution in [-0.4, -0.2) is 43.0 Å². The summed E-state index contributed by atoms with van der Waals surface area (Å²) in [7, 11) is 0. The fourth-order valence-corrected chi connectivity index (χ4v) is 4.38. The standard InChI is InChI=1S/C25H30N2O3/c1-19-9-11-21(12-10-19)27(18-25(29)26-14-5-2-6-15-26)24(28)17-20-13-16-30-23-8-4-3-7-22(20)23/h3-4,7-12,20H,2,5-6,13-18H2,1H3. The Labute approximate surface area is 178 Å². The Morgan fingerprint density at radius 1 is 1.03 bits per heavy atom. The van der Waals surface area contributed by atoms with Crippen molar-refractivity contribution in [3.05, 3.63) is 59.7 Å². The van der Waals surface area contributed by atoms with E-state index in [9.17, 15) is 9.59 Å². The molecule has 1 unspecified atom stereocenters. The Morgan fingerprint density at radius 3 is 2.53 bits per heavy atom. The van der Waals surface area contributed by atoms with Gasteiger partial charge in [-0.25, -0.2) is 0 Å². The molecule has 2 aliphatic rings. The Bertz CT molecular complexity index is 888. The van der Waals surface area contributed by atoms with Crippen molar-refractivity contribution in [3.8, 4) is 5.75 Å². The summed E-state index contributed by atoms with van der Waals surface area (Å²) in [6.45, 7) is 4.33. The van der Waals surface area contributed by atoms with Crippen LogP contribution in [0.25, 0.3) is 0 Å². The first-order valence-electron chi connectivity index (χ1n) is 11.0. The quantitative estimate of drug-likeness (QED) is 0.744. The predicted molar refractivity (Wildman–Crippen MR) is 118 cm³/mol. The monoisotopic (exact) mass is 406 g/mol. The van der Waals surface area contributed by atoms with Crippen LogP contribution in [0.4, 0.5) is 5.69 Å². The summed E-state index contributed by atoms with van der Waals surface area (Å²) in [6, 6.07) is 15.8. The van der Waals surface area contributed by atoms with E-state index in [4.69, 9.17) is 4.74 Å². The summed E-state index contributed by atoms with van der Waals surface area (Å²) in [5.41, 5.74) is 3.01. The first kappa shape index (κ1) is 20.5. The highest BCUT2D eigenvalue weighted by Crippen LogP contribution is 2.36. The van der Waals surface area contributed by atoms with Gasteiger partial charge >= 0.3 is 0 Å². The molecule has 2 amide bonds. The molecule has 1 saturated heterocycles. The van der Waals surface area contributed by atoms with Crippen molar-refractivity contribution in [1.29, 1.82) is 0 Å². The number of rotatable bonds is 5. The zero-order valence-corrected chi connectivity index (χ0v) is 17.7. The zero-order chi connectivity index (χ0) is 20.9. The van der Waals surface area contributed by atoms with E-state index < -0.39 is 0 Å². The third-order valence-corrected chi connectivity index (χ3v) is 6.15. The maximum atomic E-state index is 13.4. The Kier molecular flexibility index (Phi) is 6.36. The number of nitrogens with zero attached hydrogens (tertiary/aromatic N) is 2. The summed E-state index contributed by atoms with van der Waals surface area (Å²) in [5.74, 6) is 1.01. The highest BCUT2D eigenvalue weighted by atomic mass is 16.5. The van der Waals surface area contributed by atoms with Gasteiger partial charge in [-0.15, -0.1) is 0 Å². The molecule has 2 heterocycles. The molecule has 0 saturated carbocycles. The van der Waals surface area contributed by atoms with Gasteiger partial charge < -0.3 is 14.5 Å². The number of likely N-dealkylation sites (tertiary alicyclic amines) is 1. The van der Waals surface area contributed by atoms with Crippen molar-refractivity contribution in [2.45, 2.75) is 44.9 Å². The number of benzene rings is 2. The molecule has 0 aromatic heterocycles. The van der Waals surface area contributed by atoms with E-state index in [1.54, 1.807) is 4.90 Å². The third kappa shape index (κ3) is 4.66.